The molecule has 0 aliphatic heterocycles. The number of hydrogen-bond donors (Lipinski definition) is 1. The van der Waals surface area contributed by atoms with Crippen LogP contribution < -0.4 is 0 Å². The van der Waals surface area contributed by atoms with Crippen molar-refractivity contribution in [3.8, 4) is 0 Å². The summed E-state index contributed by atoms with van der Waals surface area (Å²) in [6.45, 7) is 6.01. The van der Waals surface area contributed by atoms with E-state index in [4.69, 9.17) is 5.11 Å². The van der Waals surface area contributed by atoms with Gasteiger partial charge in [0.1, 0.15) is 0 Å². The Hall–Kier alpha value is -1.36. The van der Waals surface area contributed by atoms with E-state index >= 15 is 0 Å². The molecule has 88 valence electrons. The van der Waals surface area contributed by atoms with E-state index in [0.29, 0.717) is 0 Å². The van der Waals surface area contributed by atoms with Crippen molar-refractivity contribution in [2.75, 3.05) is 6.61 Å². The molecule has 0 aliphatic carbocycles. The summed E-state index contributed by atoms with van der Waals surface area (Å²) in [6.07, 6.45) is 1.53. The van der Waals surface area contributed by atoms with E-state index in [1.54, 1.807) is 11.3 Å². The first-order valence-electron chi connectivity index (χ1n) is 4.87. The van der Waals surface area contributed by atoms with Crippen LogP contribution in [-0.4, -0.2) is 23.9 Å². The highest BCUT2D eigenvalue weighted by Crippen LogP contribution is 2.28. The second-order valence-electron chi connectivity index (χ2n) is 4.35. The Balaban J connectivity index is 2.55. The van der Waals surface area contributed by atoms with Crippen LogP contribution in [0.1, 0.15) is 30.5 Å². The van der Waals surface area contributed by atoms with Crippen LogP contribution in [0, 0.1) is 0 Å². The Morgan fingerprint density at radius 2 is 2.25 bits per heavy atom. The summed E-state index contributed by atoms with van der Waals surface area (Å²) >= 11 is 1.62. The van der Waals surface area contributed by atoms with Crippen LogP contribution in [0.3, 0.4) is 0 Å². The van der Waals surface area contributed by atoms with Crippen molar-refractivity contribution in [1.29, 1.82) is 0 Å². The van der Waals surface area contributed by atoms with Gasteiger partial charge in [-0.15, -0.1) is 11.3 Å². The van der Waals surface area contributed by atoms with Crippen molar-refractivity contribution in [2.45, 2.75) is 26.2 Å². The highest BCUT2D eigenvalue weighted by atomic mass is 32.1. The van der Waals surface area contributed by atoms with Gasteiger partial charge in [-0.1, -0.05) is 25.9 Å². The van der Waals surface area contributed by atoms with Crippen molar-refractivity contribution in [2.24, 2.45) is 5.16 Å². The summed E-state index contributed by atoms with van der Waals surface area (Å²) < 4.78 is 0. The summed E-state index contributed by atoms with van der Waals surface area (Å²) in [5, 5.41) is 11.9. The van der Waals surface area contributed by atoms with Gasteiger partial charge in [-0.05, 0) is 17.5 Å². The van der Waals surface area contributed by atoms with Gasteiger partial charge in [0, 0.05) is 9.75 Å². The maximum Gasteiger partial charge on any atom is 0.344 e. The SMILES string of the molecule is CC(C)(C)c1ccc(/C=N/OCC(=O)O)s1. The summed E-state index contributed by atoms with van der Waals surface area (Å²) in [4.78, 5) is 16.9. The summed E-state index contributed by atoms with van der Waals surface area (Å²) in [5.74, 6) is -1.03. The van der Waals surface area contributed by atoms with Gasteiger partial charge in [-0.2, -0.15) is 0 Å². The zero-order valence-corrected chi connectivity index (χ0v) is 10.4. The molecule has 1 aromatic heterocycles. The van der Waals surface area contributed by atoms with Crippen LogP contribution >= 0.6 is 11.3 Å². The number of rotatable bonds is 4. The van der Waals surface area contributed by atoms with E-state index in [2.05, 4.69) is 30.8 Å². The van der Waals surface area contributed by atoms with E-state index in [1.807, 2.05) is 12.1 Å². The van der Waals surface area contributed by atoms with Gasteiger partial charge in [-0.25, -0.2) is 4.79 Å². The Labute approximate surface area is 98.5 Å². The third-order valence-electron chi connectivity index (χ3n) is 1.81. The Kier molecular flexibility index (Phi) is 4.06. The highest BCUT2D eigenvalue weighted by Gasteiger charge is 2.15. The zero-order valence-electron chi connectivity index (χ0n) is 9.56. The predicted octanol–water partition coefficient (Wildman–Crippen LogP) is 2.48. The molecule has 0 atom stereocenters. The lowest BCUT2D eigenvalue weighted by molar-refractivity contribution is -0.142. The van der Waals surface area contributed by atoms with E-state index < -0.39 is 12.6 Å². The average Bonchev–Trinajstić information content (AvgIpc) is 2.59. The smallest absolute Gasteiger partial charge is 0.344 e. The first kappa shape index (κ1) is 12.7. The number of aliphatic carboxylic acids is 1. The monoisotopic (exact) mass is 241 g/mol. The first-order chi connectivity index (χ1) is 7.39. The second kappa shape index (κ2) is 5.12. The number of carbonyl (C=O) groups is 1. The van der Waals surface area contributed by atoms with Gasteiger partial charge in [0.05, 0.1) is 6.21 Å². The molecule has 1 N–H and O–H groups in total. The molecule has 0 unspecified atom stereocenters. The third kappa shape index (κ3) is 4.02. The number of nitrogens with zero attached hydrogens (tertiary/aromatic N) is 1. The van der Waals surface area contributed by atoms with E-state index in [9.17, 15) is 4.79 Å². The van der Waals surface area contributed by atoms with Crippen molar-refractivity contribution in [3.05, 3.63) is 21.9 Å². The Bertz CT molecular complexity index is 390. The fourth-order valence-electron chi connectivity index (χ4n) is 1.01. The lowest BCUT2D eigenvalue weighted by Crippen LogP contribution is -2.07. The quantitative estimate of drug-likeness (QED) is 0.650. The third-order valence-corrected chi connectivity index (χ3v) is 3.25. The number of carboxylic acids is 1. The second-order valence-corrected chi connectivity index (χ2v) is 5.47. The van der Waals surface area contributed by atoms with Gasteiger partial charge >= 0.3 is 5.97 Å². The topological polar surface area (TPSA) is 58.9 Å². The summed E-state index contributed by atoms with van der Waals surface area (Å²) in [6, 6.07) is 3.99. The van der Waals surface area contributed by atoms with Gasteiger partial charge in [0.25, 0.3) is 0 Å². The molecule has 16 heavy (non-hydrogen) atoms. The molecule has 0 fully saturated rings. The lowest BCUT2D eigenvalue weighted by atomic mass is 9.95. The predicted molar refractivity (Wildman–Crippen MR) is 64.2 cm³/mol. The minimum atomic E-state index is -1.03. The van der Waals surface area contributed by atoms with Crippen LogP contribution in [-0.2, 0) is 15.0 Å². The molecule has 1 aromatic rings. The van der Waals surface area contributed by atoms with E-state index in [0.717, 1.165) is 4.88 Å². The molecule has 0 aromatic carbocycles. The number of hydrogen-bond acceptors (Lipinski definition) is 4. The van der Waals surface area contributed by atoms with Crippen LogP contribution in [0.5, 0.6) is 0 Å². The van der Waals surface area contributed by atoms with Crippen LogP contribution in [0.25, 0.3) is 0 Å². The fourth-order valence-corrected chi connectivity index (χ4v) is 1.94. The highest BCUT2D eigenvalue weighted by molar-refractivity contribution is 7.13. The van der Waals surface area contributed by atoms with Crippen LogP contribution in [0.2, 0.25) is 0 Å². The zero-order chi connectivity index (χ0) is 12.2. The lowest BCUT2D eigenvalue weighted by Gasteiger charge is -2.14. The van der Waals surface area contributed by atoms with Crippen molar-refractivity contribution >= 4 is 23.5 Å². The minimum absolute atomic E-state index is 0.124. The van der Waals surface area contributed by atoms with Gasteiger partial charge in [-0.3, -0.25) is 0 Å². The Morgan fingerprint density at radius 3 is 2.75 bits per heavy atom. The largest absolute Gasteiger partial charge is 0.479 e. The Morgan fingerprint density at radius 1 is 1.56 bits per heavy atom. The van der Waals surface area contributed by atoms with Gasteiger partial charge < -0.3 is 9.94 Å². The molecular formula is C11H15NO3S. The minimum Gasteiger partial charge on any atom is -0.479 e. The maximum absolute atomic E-state index is 10.1. The molecule has 0 aliphatic rings. The standard InChI is InChI=1S/C11H15NO3S/c1-11(2,3)9-5-4-8(16-9)6-12-15-7-10(13)14/h4-6H,7H2,1-3H3,(H,13,14)/b12-6+. The molecule has 1 heterocycles. The molecule has 5 heteroatoms. The van der Waals surface area contributed by atoms with Gasteiger partial charge in [0.2, 0.25) is 6.61 Å². The normalized spacial score (nSPS) is 11.9. The van der Waals surface area contributed by atoms with Gasteiger partial charge in [0.15, 0.2) is 0 Å². The molecule has 4 nitrogen and oxygen atoms in total. The fraction of sp³-hybridized carbons (Fsp3) is 0.455. The van der Waals surface area contributed by atoms with Crippen LogP contribution in [0.15, 0.2) is 17.3 Å². The summed E-state index contributed by atoms with van der Waals surface area (Å²) in [7, 11) is 0. The number of thiophene rings is 1. The molecule has 1 rings (SSSR count). The van der Waals surface area contributed by atoms with Crippen LogP contribution in [0.4, 0.5) is 0 Å². The molecule has 0 bridgehead atoms. The number of oxime groups is 1. The molecular weight excluding hydrogens is 226 g/mol. The maximum atomic E-state index is 10.1. The van der Waals surface area contributed by atoms with Crippen molar-refractivity contribution in [3.63, 3.8) is 0 Å². The molecule has 0 spiro atoms. The van der Waals surface area contributed by atoms with E-state index in [-0.39, 0.29) is 5.41 Å². The van der Waals surface area contributed by atoms with Crippen molar-refractivity contribution < 1.29 is 14.7 Å². The first-order valence-corrected chi connectivity index (χ1v) is 5.68. The summed E-state index contributed by atoms with van der Waals surface area (Å²) in [5.41, 5.74) is 0.124. The molecule has 0 saturated carbocycles. The average molecular weight is 241 g/mol. The molecule has 0 radical (unpaired) electrons. The van der Waals surface area contributed by atoms with E-state index in [1.165, 1.54) is 11.1 Å². The number of carboxylic acid groups (broad SMARTS) is 1. The molecule has 0 saturated heterocycles. The molecule has 0 amide bonds. The van der Waals surface area contributed by atoms with Crippen molar-refractivity contribution in [1.82, 2.24) is 0 Å².